The smallest absolute Gasteiger partial charge is 0.357 e. The molecule has 0 atom stereocenters. The van der Waals surface area contributed by atoms with Crippen LogP contribution in [0.1, 0.15) is 16.1 Å². The molecule has 4 nitrogen and oxygen atoms in total. The van der Waals surface area contributed by atoms with Gasteiger partial charge in [0.1, 0.15) is 11.1 Å². The molecule has 2 aromatic rings. The van der Waals surface area contributed by atoms with E-state index < -0.39 is 5.97 Å². The Morgan fingerprint density at radius 3 is 2.87 bits per heavy atom. The predicted octanol–water partition coefficient (Wildman–Crippen LogP) is 3.06. The van der Waals surface area contributed by atoms with Crippen LogP contribution >= 0.6 is 22.9 Å². The largest absolute Gasteiger partial charge is 0.476 e. The van der Waals surface area contributed by atoms with Gasteiger partial charge in [0.15, 0.2) is 5.69 Å². The third-order valence-electron chi connectivity index (χ3n) is 1.82. The fourth-order valence-electron chi connectivity index (χ4n) is 1.05. The van der Waals surface area contributed by atoms with Gasteiger partial charge in [0.2, 0.25) is 5.89 Å². The molecule has 2 heterocycles. The van der Waals surface area contributed by atoms with Gasteiger partial charge in [0.05, 0.1) is 5.02 Å². The third kappa shape index (κ3) is 1.75. The molecule has 78 valence electrons. The molecule has 0 amide bonds. The summed E-state index contributed by atoms with van der Waals surface area (Å²) < 4.78 is 5.04. The van der Waals surface area contributed by atoms with E-state index >= 15 is 0 Å². The van der Waals surface area contributed by atoms with Gasteiger partial charge in [0, 0.05) is 0 Å². The highest BCUT2D eigenvalue weighted by atomic mass is 35.5. The van der Waals surface area contributed by atoms with Crippen LogP contribution in [-0.4, -0.2) is 16.1 Å². The Hall–Kier alpha value is -1.33. The molecule has 0 aliphatic heterocycles. The number of nitrogens with zero attached hydrogens (tertiary/aromatic N) is 1. The summed E-state index contributed by atoms with van der Waals surface area (Å²) in [7, 11) is 0. The van der Waals surface area contributed by atoms with Gasteiger partial charge in [0.25, 0.3) is 0 Å². The molecule has 0 saturated carbocycles. The van der Waals surface area contributed by atoms with Crippen LogP contribution in [0.5, 0.6) is 0 Å². The van der Waals surface area contributed by atoms with Crippen molar-refractivity contribution in [2.75, 3.05) is 0 Å². The minimum absolute atomic E-state index is 0.118. The number of oxazole rings is 1. The van der Waals surface area contributed by atoms with E-state index in [2.05, 4.69) is 4.98 Å². The molecule has 0 aliphatic rings. The molecule has 2 aromatic heterocycles. The molecule has 0 aromatic carbocycles. The highest BCUT2D eigenvalue weighted by molar-refractivity contribution is 7.14. The summed E-state index contributed by atoms with van der Waals surface area (Å²) in [6, 6.07) is 0. The first-order valence-corrected chi connectivity index (χ1v) is 5.28. The molecule has 0 saturated heterocycles. The summed E-state index contributed by atoms with van der Waals surface area (Å²) >= 11 is 7.37. The Morgan fingerprint density at radius 2 is 2.40 bits per heavy atom. The summed E-state index contributed by atoms with van der Waals surface area (Å²) in [6.45, 7) is 1.86. The average Bonchev–Trinajstić information content (AvgIpc) is 2.76. The van der Waals surface area contributed by atoms with Crippen molar-refractivity contribution in [1.29, 1.82) is 0 Å². The number of carboxylic acid groups (broad SMARTS) is 1. The fourth-order valence-corrected chi connectivity index (χ4v) is 2.26. The Morgan fingerprint density at radius 1 is 1.67 bits per heavy atom. The topological polar surface area (TPSA) is 63.3 Å². The molecule has 6 heteroatoms. The standard InChI is InChI=1S/C9H6ClNO3S/c1-4-3-15-7(6(4)10)8-11-5(2-14-8)9(12)13/h2-3H,1H3,(H,12,13). The molecule has 0 unspecified atom stereocenters. The summed E-state index contributed by atoms with van der Waals surface area (Å²) in [5.74, 6) is -0.870. The maximum absolute atomic E-state index is 10.6. The Kier molecular flexibility index (Phi) is 2.50. The van der Waals surface area contributed by atoms with Crippen molar-refractivity contribution in [2.24, 2.45) is 0 Å². The Labute approximate surface area is 94.1 Å². The lowest BCUT2D eigenvalue weighted by atomic mass is 10.3. The van der Waals surface area contributed by atoms with Gasteiger partial charge < -0.3 is 9.52 Å². The van der Waals surface area contributed by atoms with Crippen molar-refractivity contribution in [3.63, 3.8) is 0 Å². The molecule has 0 radical (unpaired) electrons. The molecule has 0 aliphatic carbocycles. The summed E-state index contributed by atoms with van der Waals surface area (Å²) in [5, 5.41) is 11.1. The van der Waals surface area contributed by atoms with Gasteiger partial charge in [-0.3, -0.25) is 0 Å². The summed E-state index contributed by atoms with van der Waals surface area (Å²) in [4.78, 5) is 15.1. The molecule has 1 N–H and O–H groups in total. The van der Waals surface area contributed by atoms with E-state index in [9.17, 15) is 4.79 Å². The van der Waals surface area contributed by atoms with Crippen molar-refractivity contribution in [2.45, 2.75) is 6.92 Å². The number of carboxylic acids is 1. The second-order valence-corrected chi connectivity index (χ2v) is 4.16. The molecule has 0 spiro atoms. The molecule has 2 rings (SSSR count). The number of hydrogen-bond acceptors (Lipinski definition) is 4. The van der Waals surface area contributed by atoms with Gasteiger partial charge in [-0.2, -0.15) is 0 Å². The first kappa shape index (κ1) is 10.2. The second-order valence-electron chi connectivity index (χ2n) is 2.90. The van der Waals surface area contributed by atoms with Gasteiger partial charge in [-0.15, -0.1) is 11.3 Å². The van der Waals surface area contributed by atoms with Crippen LogP contribution < -0.4 is 0 Å². The summed E-state index contributed by atoms with van der Waals surface area (Å²) in [6.07, 6.45) is 1.10. The van der Waals surface area contributed by atoms with Crippen molar-refractivity contribution in [3.8, 4) is 10.8 Å². The Bertz CT molecular complexity index is 517. The Balaban J connectivity index is 2.46. The molecule has 0 fully saturated rings. The number of thiophene rings is 1. The summed E-state index contributed by atoms with van der Waals surface area (Å²) in [5.41, 5.74) is 0.805. The zero-order valence-electron chi connectivity index (χ0n) is 7.65. The first-order chi connectivity index (χ1) is 7.09. The number of aromatic carboxylic acids is 1. The van der Waals surface area contributed by atoms with Crippen molar-refractivity contribution >= 4 is 28.9 Å². The lowest BCUT2D eigenvalue weighted by Crippen LogP contribution is -1.95. The quantitative estimate of drug-likeness (QED) is 0.881. The average molecular weight is 244 g/mol. The van der Waals surface area contributed by atoms with E-state index in [1.165, 1.54) is 11.3 Å². The zero-order valence-corrected chi connectivity index (χ0v) is 9.22. The minimum Gasteiger partial charge on any atom is -0.476 e. The van der Waals surface area contributed by atoms with Crippen LogP contribution in [0.15, 0.2) is 16.1 Å². The number of rotatable bonds is 2. The zero-order chi connectivity index (χ0) is 11.0. The van der Waals surface area contributed by atoms with E-state index in [0.29, 0.717) is 9.90 Å². The fraction of sp³-hybridized carbons (Fsp3) is 0.111. The number of aryl methyl sites for hydroxylation is 1. The van der Waals surface area contributed by atoms with Gasteiger partial charge in [-0.25, -0.2) is 9.78 Å². The van der Waals surface area contributed by atoms with Crippen molar-refractivity contribution < 1.29 is 14.3 Å². The van der Waals surface area contributed by atoms with E-state index in [1.54, 1.807) is 0 Å². The van der Waals surface area contributed by atoms with Gasteiger partial charge in [-0.05, 0) is 17.9 Å². The van der Waals surface area contributed by atoms with Crippen LogP contribution in [0.25, 0.3) is 10.8 Å². The van der Waals surface area contributed by atoms with E-state index in [-0.39, 0.29) is 11.6 Å². The third-order valence-corrected chi connectivity index (χ3v) is 3.50. The lowest BCUT2D eigenvalue weighted by Gasteiger charge is -1.90. The lowest BCUT2D eigenvalue weighted by molar-refractivity contribution is 0.0690. The van der Waals surface area contributed by atoms with Crippen molar-refractivity contribution in [1.82, 2.24) is 4.98 Å². The molecular formula is C9H6ClNO3S. The molecule has 0 bridgehead atoms. The minimum atomic E-state index is -1.12. The van der Waals surface area contributed by atoms with Crippen molar-refractivity contribution in [3.05, 3.63) is 27.9 Å². The SMILES string of the molecule is Cc1csc(-c2nc(C(=O)O)co2)c1Cl. The highest BCUT2D eigenvalue weighted by Crippen LogP contribution is 2.35. The monoisotopic (exact) mass is 243 g/mol. The van der Waals surface area contributed by atoms with Crippen LogP contribution in [0.4, 0.5) is 0 Å². The van der Waals surface area contributed by atoms with E-state index in [0.717, 1.165) is 11.8 Å². The molecular weight excluding hydrogens is 238 g/mol. The molecule has 15 heavy (non-hydrogen) atoms. The number of halogens is 1. The van der Waals surface area contributed by atoms with Crippen LogP contribution in [0, 0.1) is 6.92 Å². The number of carbonyl (C=O) groups is 1. The van der Waals surface area contributed by atoms with Gasteiger partial charge in [-0.1, -0.05) is 11.6 Å². The van der Waals surface area contributed by atoms with Gasteiger partial charge >= 0.3 is 5.97 Å². The second kappa shape index (κ2) is 3.67. The highest BCUT2D eigenvalue weighted by Gasteiger charge is 2.16. The first-order valence-electron chi connectivity index (χ1n) is 4.02. The number of aromatic nitrogens is 1. The van der Waals surface area contributed by atoms with Crippen LogP contribution in [0.2, 0.25) is 5.02 Å². The van der Waals surface area contributed by atoms with Crippen LogP contribution in [0.3, 0.4) is 0 Å². The maximum Gasteiger partial charge on any atom is 0.357 e. The normalized spacial score (nSPS) is 10.5. The van der Waals surface area contributed by atoms with E-state index in [4.69, 9.17) is 21.1 Å². The van der Waals surface area contributed by atoms with E-state index in [1.807, 2.05) is 12.3 Å². The van der Waals surface area contributed by atoms with Crippen LogP contribution in [-0.2, 0) is 0 Å². The maximum atomic E-state index is 10.6. The predicted molar refractivity (Wildman–Crippen MR) is 56.5 cm³/mol. The number of hydrogen-bond donors (Lipinski definition) is 1.